The first-order valence-electron chi connectivity index (χ1n) is 10.9. The van der Waals surface area contributed by atoms with Crippen LogP contribution in [0.5, 0.6) is 11.5 Å². The highest BCUT2D eigenvalue weighted by Crippen LogP contribution is 2.37. The van der Waals surface area contributed by atoms with E-state index in [4.69, 9.17) is 9.47 Å². The van der Waals surface area contributed by atoms with Gasteiger partial charge >= 0.3 is 0 Å². The van der Waals surface area contributed by atoms with Crippen LogP contribution in [-0.4, -0.2) is 56.2 Å². The Labute approximate surface area is 197 Å². The summed E-state index contributed by atoms with van der Waals surface area (Å²) in [7, 11) is -3.93. The van der Waals surface area contributed by atoms with Crippen molar-refractivity contribution in [2.75, 3.05) is 31.0 Å². The van der Waals surface area contributed by atoms with E-state index < -0.39 is 15.6 Å². The summed E-state index contributed by atoms with van der Waals surface area (Å²) in [5.74, 6) is 0.362. The molecule has 0 bridgehead atoms. The summed E-state index contributed by atoms with van der Waals surface area (Å²) in [6, 6.07) is 20.6. The van der Waals surface area contributed by atoms with Gasteiger partial charge in [0.25, 0.3) is 15.9 Å². The molecule has 1 fully saturated rings. The number of sulfonamides is 1. The summed E-state index contributed by atoms with van der Waals surface area (Å²) < 4.78 is 39.4. The third-order valence-corrected chi connectivity index (χ3v) is 7.24. The first kappa shape index (κ1) is 22.2. The van der Waals surface area contributed by atoms with Gasteiger partial charge in [0.15, 0.2) is 11.5 Å². The van der Waals surface area contributed by atoms with Crippen LogP contribution in [0, 0.1) is 0 Å². The van der Waals surface area contributed by atoms with Gasteiger partial charge in [0, 0.05) is 17.7 Å². The molecule has 0 spiro atoms. The van der Waals surface area contributed by atoms with E-state index in [1.165, 1.54) is 18.2 Å². The molecule has 0 aromatic heterocycles. The standard InChI is InChI=1S/C25H24N2O6S/c28-24(27-16-25(29,17-27)15-18-5-2-1-3-6-18)19-9-11-20(12-10-19)26-34(30,31)22-8-4-7-21-23(22)33-14-13-32-21/h1-12,26,29H,13-17H2. The van der Waals surface area contributed by atoms with Gasteiger partial charge in [0.1, 0.15) is 23.7 Å². The molecule has 2 aliphatic rings. The second-order valence-corrected chi connectivity index (χ2v) is 10.2. The first-order valence-corrected chi connectivity index (χ1v) is 12.4. The van der Waals surface area contributed by atoms with Crippen LogP contribution in [0.3, 0.4) is 0 Å². The summed E-state index contributed by atoms with van der Waals surface area (Å²) in [5.41, 5.74) is 0.812. The zero-order chi connectivity index (χ0) is 23.8. The molecule has 0 saturated carbocycles. The fourth-order valence-electron chi connectivity index (χ4n) is 4.23. The number of carbonyl (C=O) groups excluding carboxylic acids is 1. The Morgan fingerprint density at radius 2 is 1.65 bits per heavy atom. The lowest BCUT2D eigenvalue weighted by molar-refractivity contribution is -0.0799. The molecule has 2 heterocycles. The molecule has 8 nitrogen and oxygen atoms in total. The number of para-hydroxylation sites is 1. The molecule has 3 aromatic carbocycles. The number of ether oxygens (including phenoxy) is 2. The molecule has 0 unspecified atom stereocenters. The second-order valence-electron chi connectivity index (χ2n) is 8.51. The van der Waals surface area contributed by atoms with Crippen LogP contribution in [0.15, 0.2) is 77.7 Å². The van der Waals surface area contributed by atoms with Crippen molar-refractivity contribution in [2.24, 2.45) is 0 Å². The third-order valence-electron chi connectivity index (χ3n) is 5.84. The van der Waals surface area contributed by atoms with Crippen molar-refractivity contribution in [3.05, 3.63) is 83.9 Å². The van der Waals surface area contributed by atoms with E-state index in [9.17, 15) is 18.3 Å². The number of nitrogens with one attached hydrogen (secondary N) is 1. The number of benzene rings is 3. The lowest BCUT2D eigenvalue weighted by atomic mass is 9.86. The monoisotopic (exact) mass is 480 g/mol. The Hall–Kier alpha value is -3.56. The minimum atomic E-state index is -3.93. The van der Waals surface area contributed by atoms with Crippen molar-refractivity contribution in [3.63, 3.8) is 0 Å². The third kappa shape index (κ3) is 4.44. The predicted octanol–water partition coefficient (Wildman–Crippen LogP) is 2.69. The maximum Gasteiger partial charge on any atom is 0.265 e. The molecule has 0 radical (unpaired) electrons. The van der Waals surface area contributed by atoms with Crippen LogP contribution < -0.4 is 14.2 Å². The smallest absolute Gasteiger partial charge is 0.265 e. The van der Waals surface area contributed by atoms with Crippen LogP contribution >= 0.6 is 0 Å². The summed E-state index contributed by atoms with van der Waals surface area (Å²) in [6.07, 6.45) is 0.482. The maximum atomic E-state index is 12.9. The first-order chi connectivity index (χ1) is 16.3. The molecular formula is C25H24N2O6S. The molecule has 2 N–H and O–H groups in total. The van der Waals surface area contributed by atoms with Crippen LogP contribution in [0.25, 0.3) is 0 Å². The van der Waals surface area contributed by atoms with Gasteiger partial charge in [-0.15, -0.1) is 0 Å². The highest BCUT2D eigenvalue weighted by Gasteiger charge is 2.43. The van der Waals surface area contributed by atoms with Crippen molar-refractivity contribution < 1.29 is 27.8 Å². The Bertz CT molecular complexity index is 1300. The van der Waals surface area contributed by atoms with Gasteiger partial charge in [-0.3, -0.25) is 9.52 Å². The van der Waals surface area contributed by atoms with Crippen LogP contribution in [0.1, 0.15) is 15.9 Å². The summed E-state index contributed by atoms with van der Waals surface area (Å²) in [6.45, 7) is 1.13. The fourth-order valence-corrected chi connectivity index (χ4v) is 5.45. The van der Waals surface area contributed by atoms with E-state index in [2.05, 4.69) is 4.72 Å². The van der Waals surface area contributed by atoms with Gasteiger partial charge in [-0.2, -0.15) is 0 Å². The number of rotatable bonds is 6. The fraction of sp³-hybridized carbons (Fsp3) is 0.240. The lowest BCUT2D eigenvalue weighted by Gasteiger charge is -2.46. The van der Waals surface area contributed by atoms with Crippen molar-refractivity contribution >= 4 is 21.6 Å². The maximum absolute atomic E-state index is 12.9. The Morgan fingerprint density at radius 1 is 0.941 bits per heavy atom. The van der Waals surface area contributed by atoms with Gasteiger partial charge in [0.05, 0.1) is 13.1 Å². The van der Waals surface area contributed by atoms with Crippen molar-refractivity contribution in [3.8, 4) is 11.5 Å². The number of β-amino-alcohol motifs (C(OH)–C–C–N with tert-alkyl or cyclic N) is 1. The number of anilines is 1. The molecule has 176 valence electrons. The zero-order valence-electron chi connectivity index (χ0n) is 18.3. The molecule has 1 saturated heterocycles. The van der Waals surface area contributed by atoms with E-state index in [-0.39, 0.29) is 36.2 Å². The molecule has 5 rings (SSSR count). The van der Waals surface area contributed by atoms with Crippen molar-refractivity contribution in [1.29, 1.82) is 0 Å². The molecule has 1 amide bonds. The summed E-state index contributed by atoms with van der Waals surface area (Å²) in [4.78, 5) is 14.4. The Morgan fingerprint density at radius 3 is 2.38 bits per heavy atom. The van der Waals surface area contributed by atoms with Crippen LogP contribution in [0.2, 0.25) is 0 Å². The summed E-state index contributed by atoms with van der Waals surface area (Å²) in [5, 5.41) is 10.7. The van der Waals surface area contributed by atoms with Gasteiger partial charge < -0.3 is 19.5 Å². The van der Waals surface area contributed by atoms with Gasteiger partial charge in [-0.1, -0.05) is 36.4 Å². The van der Waals surface area contributed by atoms with Crippen LogP contribution in [0.4, 0.5) is 5.69 Å². The van der Waals surface area contributed by atoms with E-state index in [1.807, 2.05) is 30.3 Å². The number of aliphatic hydroxyl groups is 1. The average Bonchev–Trinajstić information content (AvgIpc) is 2.82. The van der Waals surface area contributed by atoms with Crippen LogP contribution in [-0.2, 0) is 16.4 Å². The number of hydrogen-bond donors (Lipinski definition) is 2. The minimum Gasteiger partial charge on any atom is -0.486 e. The zero-order valence-corrected chi connectivity index (χ0v) is 19.1. The second kappa shape index (κ2) is 8.66. The number of fused-ring (bicyclic) bond motifs is 1. The van der Waals surface area contributed by atoms with E-state index in [1.54, 1.807) is 29.2 Å². The van der Waals surface area contributed by atoms with Crippen molar-refractivity contribution in [1.82, 2.24) is 4.90 Å². The summed E-state index contributed by atoms with van der Waals surface area (Å²) >= 11 is 0. The number of carbonyl (C=O) groups is 1. The lowest BCUT2D eigenvalue weighted by Crippen LogP contribution is -2.64. The van der Waals surface area contributed by atoms with Gasteiger partial charge in [0.2, 0.25) is 0 Å². The highest BCUT2D eigenvalue weighted by atomic mass is 32.2. The molecule has 0 aliphatic carbocycles. The number of hydrogen-bond acceptors (Lipinski definition) is 6. The Balaban J connectivity index is 1.24. The predicted molar refractivity (Wildman–Crippen MR) is 126 cm³/mol. The van der Waals surface area contributed by atoms with E-state index >= 15 is 0 Å². The van der Waals surface area contributed by atoms with E-state index in [0.29, 0.717) is 30.0 Å². The number of likely N-dealkylation sites (tertiary alicyclic amines) is 1. The molecule has 3 aromatic rings. The highest BCUT2D eigenvalue weighted by molar-refractivity contribution is 7.92. The normalized spacial score (nSPS) is 16.4. The molecule has 2 aliphatic heterocycles. The van der Waals surface area contributed by atoms with Gasteiger partial charge in [-0.05, 0) is 42.0 Å². The number of amides is 1. The largest absolute Gasteiger partial charge is 0.486 e. The van der Waals surface area contributed by atoms with E-state index in [0.717, 1.165) is 5.56 Å². The molecule has 0 atom stereocenters. The SMILES string of the molecule is O=C(c1ccc(NS(=O)(=O)c2cccc3c2OCCO3)cc1)N1CC(O)(Cc2ccccc2)C1. The quantitative estimate of drug-likeness (QED) is 0.562. The Kier molecular flexibility index (Phi) is 5.66. The molecule has 9 heteroatoms. The van der Waals surface area contributed by atoms with Crippen molar-refractivity contribution in [2.45, 2.75) is 16.9 Å². The molecular weight excluding hydrogens is 456 g/mol. The number of nitrogens with zero attached hydrogens (tertiary/aromatic N) is 1. The van der Waals surface area contributed by atoms with Gasteiger partial charge in [-0.25, -0.2) is 8.42 Å². The average molecular weight is 481 g/mol. The minimum absolute atomic E-state index is 0.0110. The topological polar surface area (TPSA) is 105 Å². The molecule has 34 heavy (non-hydrogen) atoms.